The lowest BCUT2D eigenvalue weighted by molar-refractivity contribution is 0.0717. The van der Waals surface area contributed by atoms with E-state index in [1.54, 1.807) is 24.2 Å². The summed E-state index contributed by atoms with van der Waals surface area (Å²) in [5.41, 5.74) is 0.399. The molecule has 0 saturated carbocycles. The number of aromatic nitrogens is 2. The summed E-state index contributed by atoms with van der Waals surface area (Å²) >= 11 is 0. The first kappa shape index (κ1) is 17.4. The molecule has 1 aromatic heterocycles. The first-order chi connectivity index (χ1) is 12.2. The minimum Gasteiger partial charge on any atom is -0.450 e. The maximum Gasteiger partial charge on any atom is 0.409 e. The van der Waals surface area contributed by atoms with Crippen LogP contribution in [0.1, 0.15) is 36.7 Å². The molecular formula is C17H25N5O3. The summed E-state index contributed by atoms with van der Waals surface area (Å²) < 4.78 is 5.02. The topological polar surface area (TPSA) is 78.9 Å². The maximum atomic E-state index is 12.4. The van der Waals surface area contributed by atoms with Gasteiger partial charge >= 0.3 is 6.09 Å². The fourth-order valence-corrected chi connectivity index (χ4v) is 3.19. The predicted molar refractivity (Wildman–Crippen MR) is 92.6 cm³/mol. The summed E-state index contributed by atoms with van der Waals surface area (Å²) in [6.45, 7) is 6.33. The third-order valence-electron chi connectivity index (χ3n) is 4.63. The Morgan fingerprint density at radius 3 is 2.28 bits per heavy atom. The van der Waals surface area contributed by atoms with E-state index in [1.807, 2.05) is 4.90 Å². The molecule has 3 rings (SSSR count). The second-order valence-corrected chi connectivity index (χ2v) is 6.29. The van der Waals surface area contributed by atoms with Crippen LogP contribution < -0.4 is 4.90 Å². The highest BCUT2D eigenvalue weighted by molar-refractivity contribution is 5.92. The number of anilines is 1. The van der Waals surface area contributed by atoms with Crippen LogP contribution >= 0.6 is 0 Å². The highest BCUT2D eigenvalue weighted by Gasteiger charge is 2.24. The van der Waals surface area contributed by atoms with Crippen LogP contribution in [0.2, 0.25) is 0 Å². The molecule has 25 heavy (non-hydrogen) atoms. The van der Waals surface area contributed by atoms with E-state index in [9.17, 15) is 9.59 Å². The normalized spacial score (nSPS) is 18.2. The Morgan fingerprint density at radius 1 is 0.960 bits per heavy atom. The van der Waals surface area contributed by atoms with Crippen molar-refractivity contribution in [3.63, 3.8) is 0 Å². The van der Waals surface area contributed by atoms with E-state index in [-0.39, 0.29) is 12.0 Å². The second-order valence-electron chi connectivity index (χ2n) is 6.29. The first-order valence-corrected chi connectivity index (χ1v) is 8.97. The van der Waals surface area contributed by atoms with Gasteiger partial charge in [-0.2, -0.15) is 0 Å². The number of hydrogen-bond acceptors (Lipinski definition) is 6. The molecule has 2 fully saturated rings. The molecule has 2 amide bonds. The Kier molecular flexibility index (Phi) is 5.67. The molecule has 1 aromatic rings. The van der Waals surface area contributed by atoms with Gasteiger partial charge < -0.3 is 19.4 Å². The second kappa shape index (κ2) is 8.13. The molecule has 0 aromatic carbocycles. The number of carbonyl (C=O) groups is 2. The van der Waals surface area contributed by atoms with Gasteiger partial charge in [-0.25, -0.2) is 14.8 Å². The molecule has 0 spiro atoms. The summed E-state index contributed by atoms with van der Waals surface area (Å²) in [6, 6.07) is 0. The van der Waals surface area contributed by atoms with Crippen LogP contribution in [-0.2, 0) is 4.74 Å². The summed E-state index contributed by atoms with van der Waals surface area (Å²) in [7, 11) is 0. The average Bonchev–Trinajstić information content (AvgIpc) is 2.68. The van der Waals surface area contributed by atoms with E-state index in [1.165, 1.54) is 6.42 Å². The van der Waals surface area contributed by atoms with E-state index in [0.717, 1.165) is 31.7 Å². The van der Waals surface area contributed by atoms with Gasteiger partial charge in [-0.15, -0.1) is 0 Å². The van der Waals surface area contributed by atoms with Gasteiger partial charge in [0.25, 0.3) is 5.91 Å². The highest BCUT2D eigenvalue weighted by Crippen LogP contribution is 2.15. The maximum absolute atomic E-state index is 12.4. The predicted octanol–water partition coefficient (Wildman–Crippen LogP) is 1.38. The molecule has 2 aliphatic heterocycles. The van der Waals surface area contributed by atoms with Crippen LogP contribution in [0.5, 0.6) is 0 Å². The molecule has 0 radical (unpaired) electrons. The zero-order valence-corrected chi connectivity index (χ0v) is 14.7. The number of carbonyl (C=O) groups excluding carboxylic acids is 2. The van der Waals surface area contributed by atoms with Crippen LogP contribution in [-0.4, -0.2) is 77.6 Å². The van der Waals surface area contributed by atoms with Crippen LogP contribution in [0.3, 0.4) is 0 Å². The molecule has 8 nitrogen and oxygen atoms in total. The Morgan fingerprint density at radius 2 is 1.68 bits per heavy atom. The molecule has 0 aliphatic carbocycles. The molecule has 0 N–H and O–H groups in total. The van der Waals surface area contributed by atoms with Gasteiger partial charge in [0.1, 0.15) is 11.5 Å². The highest BCUT2D eigenvalue weighted by atomic mass is 16.6. The van der Waals surface area contributed by atoms with Crippen molar-refractivity contribution < 1.29 is 14.3 Å². The van der Waals surface area contributed by atoms with Crippen LogP contribution in [0.25, 0.3) is 0 Å². The molecular weight excluding hydrogens is 322 g/mol. The van der Waals surface area contributed by atoms with Gasteiger partial charge in [-0.05, 0) is 26.2 Å². The molecule has 8 heteroatoms. The molecule has 0 unspecified atom stereocenters. The summed E-state index contributed by atoms with van der Waals surface area (Å²) in [5, 5.41) is 0. The summed E-state index contributed by atoms with van der Waals surface area (Å²) in [6.07, 6.45) is 6.24. The van der Waals surface area contributed by atoms with E-state index >= 15 is 0 Å². The largest absolute Gasteiger partial charge is 0.450 e. The molecule has 2 saturated heterocycles. The molecule has 2 aliphatic rings. The summed E-state index contributed by atoms with van der Waals surface area (Å²) in [5.74, 6) is 0.699. The SMILES string of the molecule is CCOC(=O)N1CCN(c2cnc(C(=O)N3CCCCC3)cn2)CC1. The van der Waals surface area contributed by atoms with Gasteiger partial charge in [-0.3, -0.25) is 4.79 Å². The zero-order chi connectivity index (χ0) is 17.6. The zero-order valence-electron chi connectivity index (χ0n) is 14.7. The summed E-state index contributed by atoms with van der Waals surface area (Å²) in [4.78, 5) is 38.5. The number of rotatable bonds is 3. The number of ether oxygens (including phenoxy) is 1. The average molecular weight is 347 g/mol. The Hall–Kier alpha value is -2.38. The number of likely N-dealkylation sites (tertiary alicyclic amines) is 1. The minimum atomic E-state index is -0.268. The van der Waals surface area contributed by atoms with E-state index in [4.69, 9.17) is 4.74 Å². The van der Waals surface area contributed by atoms with Gasteiger partial charge in [0.05, 0.1) is 19.0 Å². The number of hydrogen-bond donors (Lipinski definition) is 0. The number of piperazine rings is 1. The third kappa shape index (κ3) is 4.18. The van der Waals surface area contributed by atoms with Crippen LogP contribution in [0.15, 0.2) is 12.4 Å². The van der Waals surface area contributed by atoms with Crippen molar-refractivity contribution in [2.45, 2.75) is 26.2 Å². The van der Waals surface area contributed by atoms with Crippen molar-refractivity contribution in [2.24, 2.45) is 0 Å². The van der Waals surface area contributed by atoms with Crippen molar-refractivity contribution in [1.82, 2.24) is 19.8 Å². The van der Waals surface area contributed by atoms with E-state index in [2.05, 4.69) is 14.9 Å². The van der Waals surface area contributed by atoms with Crippen molar-refractivity contribution >= 4 is 17.8 Å². The number of piperidine rings is 1. The third-order valence-corrected chi connectivity index (χ3v) is 4.63. The van der Waals surface area contributed by atoms with E-state index in [0.29, 0.717) is 38.5 Å². The number of amides is 2. The smallest absolute Gasteiger partial charge is 0.409 e. The Balaban J connectivity index is 1.56. The molecule has 0 bridgehead atoms. The minimum absolute atomic E-state index is 0.0362. The van der Waals surface area contributed by atoms with Gasteiger partial charge in [0.2, 0.25) is 0 Å². The van der Waals surface area contributed by atoms with Crippen molar-refractivity contribution in [1.29, 1.82) is 0 Å². The lowest BCUT2D eigenvalue weighted by atomic mass is 10.1. The monoisotopic (exact) mass is 347 g/mol. The van der Waals surface area contributed by atoms with Gasteiger partial charge in [0.15, 0.2) is 0 Å². The molecule has 136 valence electrons. The fourth-order valence-electron chi connectivity index (χ4n) is 3.19. The van der Waals surface area contributed by atoms with Crippen LogP contribution in [0, 0.1) is 0 Å². The van der Waals surface area contributed by atoms with E-state index < -0.39 is 0 Å². The number of nitrogens with zero attached hydrogens (tertiary/aromatic N) is 5. The lowest BCUT2D eigenvalue weighted by Gasteiger charge is -2.34. The molecule has 3 heterocycles. The van der Waals surface area contributed by atoms with Gasteiger partial charge in [-0.1, -0.05) is 0 Å². The Bertz CT molecular complexity index is 593. The lowest BCUT2D eigenvalue weighted by Crippen LogP contribution is -2.49. The van der Waals surface area contributed by atoms with Crippen molar-refractivity contribution in [3.05, 3.63) is 18.1 Å². The quantitative estimate of drug-likeness (QED) is 0.822. The van der Waals surface area contributed by atoms with Gasteiger partial charge in [0, 0.05) is 39.3 Å². The van der Waals surface area contributed by atoms with Crippen molar-refractivity contribution in [3.8, 4) is 0 Å². The van der Waals surface area contributed by atoms with Crippen LogP contribution in [0.4, 0.5) is 10.6 Å². The first-order valence-electron chi connectivity index (χ1n) is 8.97. The standard InChI is InChI=1S/C17H25N5O3/c1-2-25-17(24)22-10-8-20(9-11-22)15-13-18-14(12-19-15)16(23)21-6-4-3-5-7-21/h12-13H,2-11H2,1H3. The van der Waals surface area contributed by atoms with Crippen molar-refractivity contribution in [2.75, 3.05) is 50.8 Å². The fraction of sp³-hybridized carbons (Fsp3) is 0.647. The Labute approximate surface area is 147 Å². The molecule has 0 atom stereocenters.